The highest BCUT2D eigenvalue weighted by atomic mass is 35.5. The molecule has 0 saturated heterocycles. The normalized spacial score (nSPS) is 10.8. The van der Waals surface area contributed by atoms with Crippen molar-refractivity contribution in [3.63, 3.8) is 0 Å². The topological polar surface area (TPSA) is 29.1 Å². The van der Waals surface area contributed by atoms with Gasteiger partial charge in [-0.1, -0.05) is 23.7 Å². The van der Waals surface area contributed by atoms with Gasteiger partial charge in [-0.25, -0.2) is 0 Å². The van der Waals surface area contributed by atoms with E-state index in [-0.39, 0.29) is 5.91 Å². The van der Waals surface area contributed by atoms with Crippen LogP contribution in [0.25, 0.3) is 0 Å². The number of hydrogen-bond donors (Lipinski definition) is 1. The molecule has 2 nitrogen and oxygen atoms in total. The molecule has 4 heteroatoms. The quantitative estimate of drug-likeness (QED) is 0.684. The SMILES string of the molecule is Cc1cc(C)c(NC(=O)CSc2c(C)c(C)cc(C)c2C)c(Cl)c1. The van der Waals surface area contributed by atoms with E-state index in [4.69, 9.17) is 11.6 Å². The number of carbonyl (C=O) groups is 1. The summed E-state index contributed by atoms with van der Waals surface area (Å²) in [5, 5.41) is 3.54. The van der Waals surface area contributed by atoms with Crippen molar-refractivity contribution >= 4 is 35.0 Å². The first-order chi connectivity index (χ1) is 11.2. The van der Waals surface area contributed by atoms with Gasteiger partial charge in [0.15, 0.2) is 0 Å². The van der Waals surface area contributed by atoms with Crippen molar-refractivity contribution in [3.05, 3.63) is 56.6 Å². The summed E-state index contributed by atoms with van der Waals surface area (Å²) < 4.78 is 0. The lowest BCUT2D eigenvalue weighted by Crippen LogP contribution is -2.15. The van der Waals surface area contributed by atoms with E-state index in [2.05, 4.69) is 39.1 Å². The Morgan fingerprint density at radius 3 is 2.08 bits per heavy atom. The minimum absolute atomic E-state index is 0.0354. The third-order valence-corrected chi connectivity index (χ3v) is 5.95. The number of rotatable bonds is 4. The summed E-state index contributed by atoms with van der Waals surface area (Å²) in [6.45, 7) is 12.4. The molecule has 0 spiro atoms. The highest BCUT2D eigenvalue weighted by Gasteiger charge is 2.13. The lowest BCUT2D eigenvalue weighted by atomic mass is 10.0. The Morgan fingerprint density at radius 2 is 1.54 bits per heavy atom. The van der Waals surface area contributed by atoms with Gasteiger partial charge in [0.05, 0.1) is 16.5 Å². The number of benzene rings is 2. The molecular weight excluding hydrogens is 338 g/mol. The number of anilines is 1. The van der Waals surface area contributed by atoms with Gasteiger partial charge in [-0.15, -0.1) is 11.8 Å². The number of halogens is 1. The van der Waals surface area contributed by atoms with Gasteiger partial charge >= 0.3 is 0 Å². The van der Waals surface area contributed by atoms with Crippen molar-refractivity contribution in [3.8, 4) is 0 Å². The van der Waals surface area contributed by atoms with Crippen molar-refractivity contribution in [2.45, 2.75) is 46.4 Å². The maximum atomic E-state index is 12.4. The fourth-order valence-corrected chi connectivity index (χ4v) is 4.26. The lowest BCUT2D eigenvalue weighted by Gasteiger charge is -2.15. The molecule has 0 aliphatic carbocycles. The van der Waals surface area contributed by atoms with Crippen LogP contribution in [0.2, 0.25) is 5.02 Å². The molecule has 0 unspecified atom stereocenters. The largest absolute Gasteiger partial charge is 0.324 e. The smallest absolute Gasteiger partial charge is 0.234 e. The standard InChI is InChI=1S/C20H24ClNOS/c1-11-7-14(4)19(17(21)8-11)22-18(23)10-24-20-15(5)12(2)9-13(3)16(20)6/h7-9H,10H2,1-6H3,(H,22,23). The number of thioether (sulfide) groups is 1. The Hall–Kier alpha value is -1.45. The molecule has 0 aromatic heterocycles. The summed E-state index contributed by atoms with van der Waals surface area (Å²) in [5.41, 5.74) is 7.81. The maximum Gasteiger partial charge on any atom is 0.234 e. The van der Waals surface area contributed by atoms with E-state index >= 15 is 0 Å². The van der Waals surface area contributed by atoms with Gasteiger partial charge in [-0.3, -0.25) is 4.79 Å². The van der Waals surface area contributed by atoms with Crippen LogP contribution in [0.1, 0.15) is 33.4 Å². The summed E-state index contributed by atoms with van der Waals surface area (Å²) in [7, 11) is 0. The van der Waals surface area contributed by atoms with Gasteiger partial charge in [0.1, 0.15) is 0 Å². The van der Waals surface area contributed by atoms with Gasteiger partial charge in [-0.05, 0) is 81.0 Å². The van der Waals surface area contributed by atoms with Crippen LogP contribution in [0.5, 0.6) is 0 Å². The van der Waals surface area contributed by atoms with E-state index in [0.29, 0.717) is 16.5 Å². The zero-order chi connectivity index (χ0) is 18.0. The highest BCUT2D eigenvalue weighted by molar-refractivity contribution is 8.00. The predicted molar refractivity (Wildman–Crippen MR) is 106 cm³/mol. The lowest BCUT2D eigenvalue weighted by molar-refractivity contribution is -0.113. The van der Waals surface area contributed by atoms with Crippen molar-refractivity contribution < 1.29 is 4.79 Å². The zero-order valence-electron chi connectivity index (χ0n) is 15.1. The second kappa shape index (κ2) is 7.62. The molecule has 0 atom stereocenters. The molecule has 24 heavy (non-hydrogen) atoms. The van der Waals surface area contributed by atoms with Gasteiger partial charge < -0.3 is 5.32 Å². The first-order valence-electron chi connectivity index (χ1n) is 7.97. The first-order valence-corrected chi connectivity index (χ1v) is 9.34. The van der Waals surface area contributed by atoms with Crippen molar-refractivity contribution in [1.82, 2.24) is 0 Å². The molecule has 0 bridgehead atoms. The van der Waals surface area contributed by atoms with Crippen LogP contribution in [-0.2, 0) is 4.79 Å². The summed E-state index contributed by atoms with van der Waals surface area (Å²) in [4.78, 5) is 13.6. The molecule has 0 fully saturated rings. The van der Waals surface area contributed by atoms with Crippen molar-refractivity contribution in [1.29, 1.82) is 0 Å². The molecule has 0 heterocycles. The Kier molecular flexibility index (Phi) is 6.00. The molecule has 128 valence electrons. The summed E-state index contributed by atoms with van der Waals surface area (Å²) in [6.07, 6.45) is 0. The van der Waals surface area contributed by atoms with Gasteiger partial charge in [-0.2, -0.15) is 0 Å². The molecule has 0 aliphatic rings. The Labute approximate surface area is 154 Å². The minimum atomic E-state index is -0.0354. The molecule has 2 aromatic carbocycles. The van der Waals surface area contributed by atoms with Crippen LogP contribution < -0.4 is 5.32 Å². The van der Waals surface area contributed by atoms with Crippen LogP contribution in [0, 0.1) is 41.5 Å². The van der Waals surface area contributed by atoms with E-state index < -0.39 is 0 Å². The number of hydrogen-bond acceptors (Lipinski definition) is 2. The van der Waals surface area contributed by atoms with Gasteiger partial charge in [0.2, 0.25) is 5.91 Å². The molecule has 0 saturated carbocycles. The minimum Gasteiger partial charge on any atom is -0.324 e. The van der Waals surface area contributed by atoms with E-state index in [1.54, 1.807) is 11.8 Å². The average molecular weight is 362 g/mol. The molecule has 0 aliphatic heterocycles. The average Bonchev–Trinajstić information content (AvgIpc) is 2.49. The summed E-state index contributed by atoms with van der Waals surface area (Å²) >= 11 is 7.86. The molecule has 0 radical (unpaired) electrons. The Bertz CT molecular complexity index is 749. The van der Waals surface area contributed by atoms with Crippen molar-refractivity contribution in [2.24, 2.45) is 0 Å². The number of aryl methyl sites for hydroxylation is 4. The molecule has 2 rings (SSSR count). The highest BCUT2D eigenvalue weighted by Crippen LogP contribution is 2.32. The van der Waals surface area contributed by atoms with E-state index in [0.717, 1.165) is 11.1 Å². The van der Waals surface area contributed by atoms with Crippen LogP contribution in [0.3, 0.4) is 0 Å². The Balaban J connectivity index is 2.13. The third-order valence-electron chi connectivity index (χ3n) is 4.34. The van der Waals surface area contributed by atoms with E-state index in [1.807, 2.05) is 26.0 Å². The molecule has 2 aromatic rings. The van der Waals surface area contributed by atoms with Gasteiger partial charge in [0, 0.05) is 4.90 Å². The Morgan fingerprint density at radius 1 is 0.958 bits per heavy atom. The number of carbonyl (C=O) groups excluding carboxylic acids is 1. The fraction of sp³-hybridized carbons (Fsp3) is 0.350. The predicted octanol–water partition coefficient (Wildman–Crippen LogP) is 5.92. The third kappa shape index (κ3) is 4.14. The second-order valence-electron chi connectivity index (χ2n) is 6.36. The van der Waals surface area contributed by atoms with Crippen LogP contribution in [0.15, 0.2) is 23.1 Å². The number of amides is 1. The van der Waals surface area contributed by atoms with Gasteiger partial charge in [0.25, 0.3) is 0 Å². The maximum absolute atomic E-state index is 12.4. The molecule has 1 N–H and O–H groups in total. The molecular formula is C20H24ClNOS. The van der Waals surface area contributed by atoms with Crippen molar-refractivity contribution in [2.75, 3.05) is 11.1 Å². The van der Waals surface area contributed by atoms with E-state index in [9.17, 15) is 4.79 Å². The van der Waals surface area contributed by atoms with Crippen LogP contribution in [0.4, 0.5) is 5.69 Å². The zero-order valence-corrected chi connectivity index (χ0v) is 16.7. The van der Waals surface area contributed by atoms with Crippen LogP contribution >= 0.6 is 23.4 Å². The molecule has 1 amide bonds. The monoisotopic (exact) mass is 361 g/mol. The second-order valence-corrected chi connectivity index (χ2v) is 7.76. The fourth-order valence-electron chi connectivity index (χ4n) is 2.78. The summed E-state index contributed by atoms with van der Waals surface area (Å²) in [6, 6.07) is 6.09. The summed E-state index contributed by atoms with van der Waals surface area (Å²) in [5.74, 6) is 0.334. The van der Waals surface area contributed by atoms with Crippen LogP contribution in [-0.4, -0.2) is 11.7 Å². The van der Waals surface area contributed by atoms with E-state index in [1.165, 1.54) is 27.1 Å². The first kappa shape index (κ1) is 18.9. The number of nitrogens with one attached hydrogen (secondary N) is 1.